The molecule has 0 aliphatic carbocycles. The Morgan fingerprint density at radius 2 is 1.53 bits per heavy atom. The van der Waals surface area contributed by atoms with E-state index in [0.29, 0.717) is 31.7 Å². The van der Waals surface area contributed by atoms with E-state index in [1.54, 1.807) is 32.7 Å². The van der Waals surface area contributed by atoms with Crippen molar-refractivity contribution in [3.63, 3.8) is 0 Å². The number of nitrogens with zero attached hydrogens (tertiary/aromatic N) is 3. The molecule has 1 aliphatic rings. The Bertz CT molecular complexity index is 2090. The zero-order chi connectivity index (χ0) is 48.6. The number of fused-ring (bicyclic) bond motifs is 1. The highest BCUT2D eigenvalue weighted by Gasteiger charge is 2.39. The summed E-state index contributed by atoms with van der Waals surface area (Å²) in [6, 6.07) is 26.1. The third-order valence-corrected chi connectivity index (χ3v) is 12.1. The van der Waals surface area contributed by atoms with Crippen LogP contribution in [0.15, 0.2) is 88.6 Å². The predicted octanol–water partition coefficient (Wildman–Crippen LogP) is 8.21. The molecule has 5 rings (SSSR count). The third-order valence-electron chi connectivity index (χ3n) is 10.1. The van der Waals surface area contributed by atoms with Crippen molar-refractivity contribution in [2.75, 3.05) is 56.1 Å². The lowest BCUT2D eigenvalue weighted by molar-refractivity contribution is -0.118. The average Bonchev–Trinajstić information content (AvgIpc) is 3.30. The molecular formula is C48H67N6O9PS2. The molecule has 0 radical (unpaired) electrons. The fraction of sp³-hybridized carbons (Fsp3) is 0.458. The molecule has 66 heavy (non-hydrogen) atoms. The van der Waals surface area contributed by atoms with E-state index in [9.17, 15) is 9.59 Å². The second-order valence-electron chi connectivity index (χ2n) is 15.8. The van der Waals surface area contributed by atoms with Gasteiger partial charge < -0.3 is 38.8 Å². The molecule has 3 aromatic carbocycles. The van der Waals surface area contributed by atoms with Crippen LogP contribution in [0, 0.1) is 18.3 Å². The Labute approximate surface area is 402 Å². The lowest BCUT2D eigenvalue weighted by Gasteiger charge is -2.37. The first-order valence-corrected chi connectivity index (χ1v) is 24.2. The van der Waals surface area contributed by atoms with E-state index in [4.69, 9.17) is 39.9 Å². The zero-order valence-electron chi connectivity index (χ0n) is 39.1. The number of methoxy groups -OCH3 is 2. The van der Waals surface area contributed by atoms with E-state index in [0.717, 1.165) is 40.4 Å². The number of ether oxygens (including phenoxy) is 5. The Morgan fingerprint density at radius 3 is 2.00 bits per heavy atom. The van der Waals surface area contributed by atoms with Crippen LogP contribution in [0.5, 0.6) is 11.5 Å². The van der Waals surface area contributed by atoms with Crippen molar-refractivity contribution in [1.29, 1.82) is 0 Å². The molecule has 1 amide bonds. The van der Waals surface area contributed by atoms with Crippen LogP contribution in [-0.4, -0.2) is 107 Å². The Hall–Kier alpha value is -4.63. The van der Waals surface area contributed by atoms with Gasteiger partial charge in [0.25, 0.3) is 14.1 Å². The van der Waals surface area contributed by atoms with Gasteiger partial charge in [-0.05, 0) is 93.7 Å². The zero-order valence-corrected chi connectivity index (χ0v) is 41.8. The number of amides is 1. The fourth-order valence-corrected chi connectivity index (χ4v) is 8.17. The average molecular weight is 967 g/mol. The van der Waals surface area contributed by atoms with Gasteiger partial charge in [-0.15, -0.1) is 6.42 Å². The van der Waals surface area contributed by atoms with Crippen LogP contribution in [0.25, 0.3) is 0 Å². The van der Waals surface area contributed by atoms with E-state index in [-0.39, 0.29) is 60.2 Å². The number of hydrogen-bond donors (Lipinski definition) is 7. The molecule has 0 bridgehead atoms. The summed E-state index contributed by atoms with van der Waals surface area (Å²) in [7, 11) is 1.37. The molecule has 2 heterocycles. The molecule has 1 aliphatic heterocycles. The molecule has 5 N–H and O–H groups in total. The van der Waals surface area contributed by atoms with Gasteiger partial charge in [-0.2, -0.15) is 30.2 Å². The summed E-state index contributed by atoms with van der Waals surface area (Å²) in [5.41, 5.74) is 1.30. The maximum Gasteiger partial charge on any atom is 0.280 e. The first kappa shape index (κ1) is 55.7. The van der Waals surface area contributed by atoms with Crippen LogP contribution in [0.2, 0.25) is 0 Å². The Kier molecular flexibility index (Phi) is 24.6. The molecule has 1 aromatic heterocycles. The highest BCUT2D eigenvalue weighted by Crippen LogP contribution is 2.42. The lowest BCUT2D eigenvalue weighted by atomic mass is 9.80. The SMILES string of the molecule is C#CCOC(CS)CCS.CC(C)N(C(C)C)P(O)O.COc1ccc(C(OCC2CCCNc3nc(NC(=O)C(C)C)[nH]c(=O)c3N=CO2)(c2ccccc2)c2ccc(OC)cc2)cc1. The van der Waals surface area contributed by atoms with Crippen LogP contribution in [0.3, 0.4) is 0 Å². The first-order valence-electron chi connectivity index (χ1n) is 21.7. The first-order chi connectivity index (χ1) is 31.6. The quantitative estimate of drug-likeness (QED) is 0.0220. The molecule has 4 aromatic rings. The van der Waals surface area contributed by atoms with Crippen molar-refractivity contribution in [3.8, 4) is 23.8 Å². The number of benzene rings is 3. The van der Waals surface area contributed by atoms with Gasteiger partial charge in [0.1, 0.15) is 29.8 Å². The van der Waals surface area contributed by atoms with Crippen molar-refractivity contribution >= 4 is 63.5 Å². The third kappa shape index (κ3) is 16.9. The van der Waals surface area contributed by atoms with E-state index in [2.05, 4.69) is 56.8 Å². The lowest BCUT2D eigenvalue weighted by Crippen LogP contribution is -2.36. The smallest absolute Gasteiger partial charge is 0.280 e. The molecule has 0 spiro atoms. The summed E-state index contributed by atoms with van der Waals surface area (Å²) in [5, 5.41) is 5.82. The van der Waals surface area contributed by atoms with Crippen LogP contribution in [0.1, 0.15) is 77.5 Å². The number of rotatable bonds is 18. The minimum Gasteiger partial charge on any atom is -0.497 e. The highest BCUT2D eigenvalue weighted by molar-refractivity contribution is 7.80. The van der Waals surface area contributed by atoms with Crippen LogP contribution < -0.4 is 25.7 Å². The number of hydrogen-bond acceptors (Lipinski definition) is 15. The summed E-state index contributed by atoms with van der Waals surface area (Å²) in [6.45, 7) is 12.4. The van der Waals surface area contributed by atoms with Crippen molar-refractivity contribution in [1.82, 2.24) is 14.6 Å². The number of aromatic nitrogens is 2. The van der Waals surface area contributed by atoms with Crippen molar-refractivity contribution in [2.24, 2.45) is 10.9 Å². The van der Waals surface area contributed by atoms with Crippen LogP contribution >= 0.6 is 33.8 Å². The van der Waals surface area contributed by atoms with Crippen LogP contribution in [0.4, 0.5) is 17.5 Å². The van der Waals surface area contributed by atoms with Gasteiger partial charge in [0.05, 0.1) is 26.9 Å². The minimum absolute atomic E-state index is 0.0548. The summed E-state index contributed by atoms with van der Waals surface area (Å²) < 4.78 is 30.9. The van der Waals surface area contributed by atoms with Crippen LogP contribution in [-0.2, 0) is 24.6 Å². The number of carbonyl (C=O) groups excluding carboxylic acids is 1. The largest absolute Gasteiger partial charge is 0.497 e. The highest BCUT2D eigenvalue weighted by atomic mass is 32.1. The maximum atomic E-state index is 12.9. The monoisotopic (exact) mass is 966 g/mol. The standard InChI is InChI=1S/C35H39N5O6.C7H12OS2.C6H16NO2P/c1-23(2)32(41)39-34-38-31-30(33(42)40-34)37-22-45-29(11-8-20-36-31)21-46-35(24-9-6-5-7-10-24,25-12-16-27(43-3)17-13-25)26-14-18-28(44-4)19-15-26;1-2-4-8-7(6-10)3-5-9;1-5(2)7(6(3)4)10(8)9/h5-7,9-10,12-19,22-23,29H,8,11,20-21H2,1-4H3,(H3,36,38,39,40,41,42);1,7,9-10H,3-6H2;5-6,8-9H,1-4H3. The Balaban J connectivity index is 0.000000480. The molecule has 0 fully saturated rings. The molecular weight excluding hydrogens is 900 g/mol. The van der Waals surface area contributed by atoms with Crippen molar-refractivity contribution in [3.05, 3.63) is 106 Å². The number of nitrogens with one attached hydrogen (secondary N) is 3. The van der Waals surface area contributed by atoms with Gasteiger partial charge in [-0.25, -0.2) is 9.66 Å². The molecule has 15 nitrogen and oxygen atoms in total. The van der Waals surface area contributed by atoms with E-state index >= 15 is 0 Å². The maximum absolute atomic E-state index is 12.9. The number of carbonyl (C=O) groups is 1. The fourth-order valence-electron chi connectivity index (χ4n) is 6.77. The predicted molar refractivity (Wildman–Crippen MR) is 272 cm³/mol. The summed E-state index contributed by atoms with van der Waals surface area (Å²) in [6.07, 6.45) is 8.27. The molecule has 18 heteroatoms. The number of aliphatic imine (C=N–C) groups is 1. The van der Waals surface area contributed by atoms with Gasteiger partial charge in [0.15, 0.2) is 17.9 Å². The van der Waals surface area contributed by atoms with Gasteiger partial charge >= 0.3 is 0 Å². The number of thiol groups is 2. The molecule has 360 valence electrons. The second-order valence-corrected chi connectivity index (χ2v) is 17.6. The molecule has 0 saturated carbocycles. The number of terminal acetylenes is 1. The summed E-state index contributed by atoms with van der Waals surface area (Å²) in [4.78, 5) is 54.1. The van der Waals surface area contributed by atoms with E-state index < -0.39 is 19.7 Å². The van der Waals surface area contributed by atoms with E-state index in [1.165, 1.54) is 6.40 Å². The number of H-pyrrole nitrogens is 1. The van der Waals surface area contributed by atoms with Gasteiger partial charge in [-0.1, -0.05) is 74.4 Å². The summed E-state index contributed by atoms with van der Waals surface area (Å²) >= 11 is 8.17. The molecule has 2 unspecified atom stereocenters. The van der Waals surface area contributed by atoms with Gasteiger partial charge in [0.2, 0.25) is 11.9 Å². The van der Waals surface area contributed by atoms with Gasteiger partial charge in [0, 0.05) is 30.3 Å². The molecule has 0 saturated heterocycles. The minimum atomic E-state index is -1.91. The second kappa shape index (κ2) is 29.2. The summed E-state index contributed by atoms with van der Waals surface area (Å²) in [5.74, 6) is 5.20. The van der Waals surface area contributed by atoms with Gasteiger partial charge in [-0.3, -0.25) is 19.9 Å². The number of anilines is 2. The van der Waals surface area contributed by atoms with E-state index in [1.807, 2.05) is 107 Å². The Morgan fingerprint density at radius 1 is 0.955 bits per heavy atom. The van der Waals surface area contributed by atoms with Crippen molar-refractivity contribution in [2.45, 2.75) is 90.7 Å². The van der Waals surface area contributed by atoms with Crippen molar-refractivity contribution < 1.29 is 38.3 Å². The molecule has 2 atom stereocenters. The normalized spacial score (nSPS) is 14.2. The topological polar surface area (TPSA) is 189 Å². The number of aromatic amines is 1.